The van der Waals surface area contributed by atoms with Gasteiger partial charge in [-0.3, -0.25) is 0 Å². The van der Waals surface area contributed by atoms with Gasteiger partial charge in [0.15, 0.2) is 0 Å². The fraction of sp³-hybridized carbons (Fsp3) is 0.500. The highest BCUT2D eigenvalue weighted by Gasteiger charge is 2.21. The number of rotatable bonds is 12. The summed E-state index contributed by atoms with van der Waals surface area (Å²) < 4.78 is 19.3. The highest BCUT2D eigenvalue weighted by atomic mass is 16.5. The van der Waals surface area contributed by atoms with E-state index in [0.29, 0.717) is 0 Å². The van der Waals surface area contributed by atoms with Gasteiger partial charge in [0.2, 0.25) is 0 Å². The molecule has 210 valence electrons. The highest BCUT2D eigenvalue weighted by molar-refractivity contribution is 5.83. The monoisotopic (exact) mass is 528 g/mol. The molecular formula is C36H48O3. The molecule has 0 N–H and O–H groups in total. The summed E-state index contributed by atoms with van der Waals surface area (Å²) in [5.41, 5.74) is 8.32. The zero-order valence-corrected chi connectivity index (χ0v) is 25.1. The quantitative estimate of drug-likeness (QED) is 0.219. The smallest absolute Gasteiger partial charge is 0.128 e. The van der Waals surface area contributed by atoms with Gasteiger partial charge in [-0.15, -0.1) is 0 Å². The minimum Gasteiger partial charge on any atom is -0.493 e. The third-order valence-corrected chi connectivity index (χ3v) is 7.72. The van der Waals surface area contributed by atoms with Crippen molar-refractivity contribution in [1.29, 1.82) is 0 Å². The van der Waals surface area contributed by atoms with Crippen LogP contribution in [0.15, 0.2) is 48.5 Å². The third-order valence-electron chi connectivity index (χ3n) is 7.72. The van der Waals surface area contributed by atoms with E-state index in [1.54, 1.807) is 0 Å². The van der Waals surface area contributed by atoms with Crippen LogP contribution in [0.3, 0.4) is 0 Å². The molecule has 4 rings (SSSR count). The lowest BCUT2D eigenvalue weighted by atomic mass is 9.91. The number of benzene rings is 3. The fourth-order valence-corrected chi connectivity index (χ4v) is 5.58. The predicted molar refractivity (Wildman–Crippen MR) is 164 cm³/mol. The van der Waals surface area contributed by atoms with Crippen molar-refractivity contribution in [2.75, 3.05) is 6.61 Å². The Hall–Kier alpha value is -2.94. The van der Waals surface area contributed by atoms with Gasteiger partial charge in [0.05, 0.1) is 18.8 Å². The molecule has 1 fully saturated rings. The molecule has 1 saturated carbocycles. The number of aryl methyl sites for hydroxylation is 3. The first-order valence-electron chi connectivity index (χ1n) is 15.2. The zero-order chi connectivity index (χ0) is 27.8. The molecular weight excluding hydrogens is 480 g/mol. The van der Waals surface area contributed by atoms with Crippen molar-refractivity contribution in [3.63, 3.8) is 0 Å². The van der Waals surface area contributed by atoms with E-state index >= 15 is 0 Å². The average Bonchev–Trinajstić information content (AvgIpc) is 2.91. The first kappa shape index (κ1) is 29.1. The van der Waals surface area contributed by atoms with Crippen LogP contribution in [0.1, 0.15) is 95.2 Å². The molecule has 3 aromatic rings. The second kappa shape index (κ2) is 13.9. The molecule has 3 heteroatoms. The lowest BCUT2D eigenvalue weighted by Gasteiger charge is -2.26. The Bertz CT molecular complexity index is 1220. The average molecular weight is 529 g/mol. The van der Waals surface area contributed by atoms with E-state index in [0.717, 1.165) is 54.2 Å². The molecule has 0 unspecified atom stereocenters. The summed E-state index contributed by atoms with van der Waals surface area (Å²) in [7, 11) is 0. The molecule has 0 aromatic heterocycles. The van der Waals surface area contributed by atoms with Crippen LogP contribution >= 0.6 is 0 Å². The standard InChI is InChI=1S/C36H48O3/c1-7-8-9-13-20-37-35-19-16-26(4)21-33(35)32-24-36(39-29-14-11-10-12-15-29)34(22-28(32)6)31-23-30(38-25(2)3)18-17-27(31)5/h16-19,21-25,29H,7-15,20H2,1-6H3. The molecule has 39 heavy (non-hydrogen) atoms. The first-order chi connectivity index (χ1) is 18.9. The summed E-state index contributed by atoms with van der Waals surface area (Å²) in [4.78, 5) is 0. The van der Waals surface area contributed by atoms with Gasteiger partial charge in [-0.2, -0.15) is 0 Å². The van der Waals surface area contributed by atoms with Gasteiger partial charge in [0, 0.05) is 11.1 Å². The maximum atomic E-state index is 6.85. The lowest BCUT2D eigenvalue weighted by molar-refractivity contribution is 0.156. The van der Waals surface area contributed by atoms with Gasteiger partial charge in [0.25, 0.3) is 0 Å². The van der Waals surface area contributed by atoms with E-state index in [-0.39, 0.29) is 12.2 Å². The SMILES string of the molecule is CCCCCCOc1ccc(C)cc1-c1cc(OC2CCCCC2)c(-c2cc(OC(C)C)ccc2C)cc1C. The van der Waals surface area contributed by atoms with Crippen LogP contribution in [0, 0.1) is 20.8 Å². The van der Waals surface area contributed by atoms with E-state index in [2.05, 4.69) is 90.1 Å². The van der Waals surface area contributed by atoms with Gasteiger partial charge in [-0.05, 0) is 125 Å². The van der Waals surface area contributed by atoms with E-state index in [9.17, 15) is 0 Å². The molecule has 0 spiro atoms. The van der Waals surface area contributed by atoms with Crippen LogP contribution in [-0.4, -0.2) is 18.8 Å². The fourth-order valence-electron chi connectivity index (χ4n) is 5.58. The Balaban J connectivity index is 1.77. The van der Waals surface area contributed by atoms with Crippen molar-refractivity contribution in [2.24, 2.45) is 0 Å². The maximum Gasteiger partial charge on any atom is 0.128 e. The van der Waals surface area contributed by atoms with Gasteiger partial charge in [0.1, 0.15) is 17.2 Å². The van der Waals surface area contributed by atoms with Crippen LogP contribution < -0.4 is 14.2 Å². The Labute approximate surface area is 236 Å². The molecule has 0 atom stereocenters. The normalized spacial score (nSPS) is 14.0. The number of unbranched alkanes of at least 4 members (excludes halogenated alkanes) is 3. The van der Waals surface area contributed by atoms with Crippen LogP contribution in [0.5, 0.6) is 17.2 Å². The number of ether oxygens (including phenoxy) is 3. The molecule has 0 aliphatic heterocycles. The summed E-state index contributed by atoms with van der Waals surface area (Å²) in [6, 6.07) is 17.5. The highest BCUT2D eigenvalue weighted by Crippen LogP contribution is 2.43. The molecule has 0 bridgehead atoms. The molecule has 1 aliphatic rings. The van der Waals surface area contributed by atoms with E-state index in [1.807, 2.05) is 0 Å². The largest absolute Gasteiger partial charge is 0.493 e. The number of hydrogen-bond acceptors (Lipinski definition) is 3. The summed E-state index contributed by atoms with van der Waals surface area (Å²) in [6.45, 7) is 13.7. The lowest BCUT2D eigenvalue weighted by Crippen LogP contribution is -2.20. The van der Waals surface area contributed by atoms with Crippen LogP contribution in [0.4, 0.5) is 0 Å². The minimum absolute atomic E-state index is 0.129. The van der Waals surface area contributed by atoms with Crippen molar-refractivity contribution in [3.8, 4) is 39.5 Å². The second-order valence-electron chi connectivity index (χ2n) is 11.6. The van der Waals surface area contributed by atoms with Gasteiger partial charge in [-0.25, -0.2) is 0 Å². The van der Waals surface area contributed by atoms with Gasteiger partial charge >= 0.3 is 0 Å². The summed E-state index contributed by atoms with van der Waals surface area (Å²) >= 11 is 0. The molecule has 1 aliphatic carbocycles. The molecule has 3 aromatic carbocycles. The van der Waals surface area contributed by atoms with Crippen molar-refractivity contribution in [1.82, 2.24) is 0 Å². The third kappa shape index (κ3) is 7.81. The molecule has 3 nitrogen and oxygen atoms in total. The Morgan fingerprint density at radius 3 is 2.21 bits per heavy atom. The van der Waals surface area contributed by atoms with Gasteiger partial charge in [-0.1, -0.05) is 50.3 Å². The first-order valence-corrected chi connectivity index (χ1v) is 15.2. The second-order valence-corrected chi connectivity index (χ2v) is 11.6. The van der Waals surface area contributed by atoms with Crippen molar-refractivity contribution < 1.29 is 14.2 Å². The van der Waals surface area contributed by atoms with E-state index in [1.165, 1.54) is 66.3 Å². The van der Waals surface area contributed by atoms with Crippen molar-refractivity contribution in [2.45, 2.75) is 112 Å². The summed E-state index contributed by atoms with van der Waals surface area (Å²) in [5, 5.41) is 0. The zero-order valence-electron chi connectivity index (χ0n) is 25.1. The molecule has 0 amide bonds. The van der Waals surface area contributed by atoms with Crippen molar-refractivity contribution >= 4 is 0 Å². The van der Waals surface area contributed by atoms with Crippen molar-refractivity contribution in [3.05, 3.63) is 65.2 Å². The van der Waals surface area contributed by atoms with E-state index in [4.69, 9.17) is 14.2 Å². The Morgan fingerprint density at radius 1 is 0.718 bits per heavy atom. The molecule has 0 saturated heterocycles. The maximum absolute atomic E-state index is 6.85. The minimum atomic E-state index is 0.129. The van der Waals surface area contributed by atoms with E-state index < -0.39 is 0 Å². The Morgan fingerprint density at radius 2 is 1.46 bits per heavy atom. The van der Waals surface area contributed by atoms with Crippen LogP contribution in [-0.2, 0) is 0 Å². The summed E-state index contributed by atoms with van der Waals surface area (Å²) in [5.74, 6) is 2.82. The molecule has 0 radical (unpaired) electrons. The Kier molecular flexibility index (Phi) is 10.4. The predicted octanol–water partition coefficient (Wildman–Crippen LogP) is 10.4. The van der Waals surface area contributed by atoms with Crippen LogP contribution in [0.25, 0.3) is 22.3 Å². The summed E-state index contributed by atoms with van der Waals surface area (Å²) in [6.07, 6.45) is 11.2. The molecule has 0 heterocycles. The van der Waals surface area contributed by atoms with Crippen LogP contribution in [0.2, 0.25) is 0 Å². The number of hydrogen-bond donors (Lipinski definition) is 0. The van der Waals surface area contributed by atoms with Gasteiger partial charge < -0.3 is 14.2 Å². The topological polar surface area (TPSA) is 27.7 Å².